The molecular formula is C54H37N3. The van der Waals surface area contributed by atoms with Gasteiger partial charge >= 0.3 is 0 Å². The predicted molar refractivity (Wildman–Crippen MR) is 242 cm³/mol. The van der Waals surface area contributed by atoms with Crippen LogP contribution in [0.3, 0.4) is 0 Å². The number of rotatable bonds is 5. The Hall–Kier alpha value is -7.36. The van der Waals surface area contributed by atoms with Gasteiger partial charge in [0.25, 0.3) is 0 Å². The lowest BCUT2D eigenvalue weighted by molar-refractivity contribution is 1.02. The van der Waals surface area contributed by atoms with E-state index in [1.54, 1.807) is 0 Å². The average molecular weight is 728 g/mol. The van der Waals surface area contributed by atoms with Crippen LogP contribution < -0.4 is 0 Å². The van der Waals surface area contributed by atoms with Gasteiger partial charge in [-0.15, -0.1) is 0 Å². The fraction of sp³-hybridized carbons (Fsp3) is 0.0370. The molecule has 3 nitrogen and oxygen atoms in total. The molecule has 3 heteroatoms. The summed E-state index contributed by atoms with van der Waals surface area (Å²) in [5.41, 5.74) is 15.7. The smallest absolute Gasteiger partial charge is 0.0561 e. The van der Waals surface area contributed by atoms with Gasteiger partial charge in [-0.1, -0.05) is 121 Å². The van der Waals surface area contributed by atoms with Gasteiger partial charge in [0, 0.05) is 49.4 Å². The molecule has 0 radical (unpaired) electrons. The van der Waals surface area contributed by atoms with E-state index in [9.17, 15) is 0 Å². The topological polar surface area (TPSA) is 14.8 Å². The number of hydrogen-bond donors (Lipinski definition) is 0. The molecular weight excluding hydrogens is 691 g/mol. The fourth-order valence-electron chi connectivity index (χ4n) is 9.44. The van der Waals surface area contributed by atoms with E-state index in [1.807, 2.05) is 0 Å². The summed E-state index contributed by atoms with van der Waals surface area (Å²) in [5.74, 6) is 0. The molecule has 0 spiro atoms. The minimum Gasteiger partial charge on any atom is -0.310 e. The van der Waals surface area contributed by atoms with E-state index in [0.717, 1.165) is 24.2 Å². The van der Waals surface area contributed by atoms with Crippen LogP contribution in [0.1, 0.15) is 12.8 Å². The number of fused-ring (bicyclic) bond motifs is 9. The van der Waals surface area contributed by atoms with Crippen LogP contribution >= 0.6 is 0 Å². The third-order valence-electron chi connectivity index (χ3n) is 12.0. The largest absolute Gasteiger partial charge is 0.310 e. The molecule has 0 saturated heterocycles. The van der Waals surface area contributed by atoms with E-state index in [0.29, 0.717) is 0 Å². The predicted octanol–water partition coefficient (Wildman–Crippen LogP) is 14.5. The van der Waals surface area contributed by atoms with Crippen molar-refractivity contribution in [1.82, 2.24) is 13.7 Å². The van der Waals surface area contributed by atoms with Gasteiger partial charge in [0.1, 0.15) is 0 Å². The van der Waals surface area contributed by atoms with Gasteiger partial charge < -0.3 is 13.7 Å². The molecule has 1 aliphatic rings. The molecule has 3 heterocycles. The van der Waals surface area contributed by atoms with Crippen LogP contribution in [0.2, 0.25) is 0 Å². The Morgan fingerprint density at radius 2 is 0.789 bits per heavy atom. The Kier molecular flexibility index (Phi) is 7.05. The standard InChI is InChI=1S/C54H37N3/c1-4-14-36(15-5-1)37-24-29-52-47(32-37)48-34-39(26-31-53(48)55(52)40-16-6-2-7-17-40)38-25-30-51-46(33-38)44-21-11-13-23-50(44)57(51)42-27-28-45-43-20-10-12-22-49(43)56(54(45)35-42)41-18-8-3-9-19-41/h1-2,4-8,10-35H,3,9H2. The van der Waals surface area contributed by atoms with Gasteiger partial charge in [-0.2, -0.15) is 0 Å². The number of allylic oxidation sites excluding steroid dienone is 4. The van der Waals surface area contributed by atoms with Gasteiger partial charge in [-0.3, -0.25) is 0 Å². The minimum absolute atomic E-state index is 1.06. The number of nitrogens with zero attached hydrogens (tertiary/aromatic N) is 3. The van der Waals surface area contributed by atoms with Crippen LogP contribution in [0.15, 0.2) is 200 Å². The zero-order valence-corrected chi connectivity index (χ0v) is 31.3. The lowest BCUT2D eigenvalue weighted by atomic mass is 9.99. The van der Waals surface area contributed by atoms with Crippen molar-refractivity contribution in [3.8, 4) is 33.6 Å². The maximum Gasteiger partial charge on any atom is 0.0561 e. The molecule has 0 amide bonds. The van der Waals surface area contributed by atoms with Gasteiger partial charge in [0.05, 0.1) is 33.1 Å². The Morgan fingerprint density at radius 1 is 0.298 bits per heavy atom. The third kappa shape index (κ3) is 4.92. The van der Waals surface area contributed by atoms with Gasteiger partial charge in [0.2, 0.25) is 0 Å². The molecule has 0 saturated carbocycles. The molecule has 12 rings (SSSR count). The number of hydrogen-bond acceptors (Lipinski definition) is 0. The lowest BCUT2D eigenvalue weighted by Crippen LogP contribution is -1.98. The Morgan fingerprint density at radius 3 is 1.42 bits per heavy atom. The fourth-order valence-corrected chi connectivity index (χ4v) is 9.44. The maximum absolute atomic E-state index is 2.45. The van der Waals surface area contributed by atoms with E-state index in [-0.39, 0.29) is 0 Å². The highest BCUT2D eigenvalue weighted by Crippen LogP contribution is 2.41. The van der Waals surface area contributed by atoms with Crippen molar-refractivity contribution in [1.29, 1.82) is 0 Å². The number of para-hydroxylation sites is 3. The summed E-state index contributed by atoms with van der Waals surface area (Å²) in [4.78, 5) is 0. The number of aromatic nitrogens is 3. The highest BCUT2D eigenvalue weighted by molar-refractivity contribution is 6.14. The van der Waals surface area contributed by atoms with Crippen molar-refractivity contribution in [3.63, 3.8) is 0 Å². The normalized spacial score (nSPS) is 13.2. The first-order chi connectivity index (χ1) is 28.3. The Labute approximate surface area is 330 Å². The molecule has 0 N–H and O–H groups in total. The zero-order valence-electron chi connectivity index (χ0n) is 31.3. The van der Waals surface area contributed by atoms with Gasteiger partial charge in [-0.05, 0) is 114 Å². The molecule has 8 aromatic carbocycles. The van der Waals surface area contributed by atoms with Crippen molar-refractivity contribution in [2.45, 2.75) is 12.8 Å². The van der Waals surface area contributed by atoms with Crippen molar-refractivity contribution in [2.75, 3.05) is 0 Å². The summed E-state index contributed by atoms with van der Waals surface area (Å²) >= 11 is 0. The molecule has 0 atom stereocenters. The first kappa shape index (κ1) is 31.9. The second-order valence-electron chi connectivity index (χ2n) is 15.2. The molecule has 11 aromatic rings. The lowest BCUT2D eigenvalue weighted by Gasteiger charge is -2.13. The van der Waals surface area contributed by atoms with Crippen LogP contribution in [0.5, 0.6) is 0 Å². The molecule has 57 heavy (non-hydrogen) atoms. The molecule has 268 valence electrons. The van der Waals surface area contributed by atoms with Crippen LogP contribution in [0.4, 0.5) is 0 Å². The van der Waals surface area contributed by atoms with Crippen LogP contribution in [0, 0.1) is 0 Å². The summed E-state index contributed by atoms with van der Waals surface area (Å²) < 4.78 is 7.30. The van der Waals surface area contributed by atoms with E-state index in [2.05, 4.69) is 214 Å². The second kappa shape index (κ2) is 12.6. The van der Waals surface area contributed by atoms with Gasteiger partial charge in [0.15, 0.2) is 0 Å². The van der Waals surface area contributed by atoms with Crippen molar-refractivity contribution >= 4 is 71.1 Å². The maximum atomic E-state index is 2.45. The second-order valence-corrected chi connectivity index (χ2v) is 15.2. The summed E-state index contributed by atoms with van der Waals surface area (Å²) in [6.45, 7) is 0. The molecule has 1 aliphatic carbocycles. The molecule has 0 aliphatic heterocycles. The molecule has 0 unspecified atom stereocenters. The minimum atomic E-state index is 1.06. The first-order valence-electron chi connectivity index (χ1n) is 19.9. The number of benzene rings is 8. The van der Waals surface area contributed by atoms with Crippen LogP contribution in [-0.4, -0.2) is 13.7 Å². The summed E-state index contributed by atoms with van der Waals surface area (Å²) in [5, 5.41) is 7.56. The highest BCUT2D eigenvalue weighted by atomic mass is 15.0. The van der Waals surface area contributed by atoms with Gasteiger partial charge in [-0.25, -0.2) is 0 Å². The summed E-state index contributed by atoms with van der Waals surface area (Å²) in [6.07, 6.45) is 9.11. The third-order valence-corrected chi connectivity index (χ3v) is 12.0. The molecule has 3 aromatic heterocycles. The quantitative estimate of drug-likeness (QED) is 0.168. The van der Waals surface area contributed by atoms with E-state index in [1.165, 1.54) is 93.4 Å². The van der Waals surface area contributed by atoms with E-state index < -0.39 is 0 Å². The summed E-state index contributed by atoms with van der Waals surface area (Å²) in [7, 11) is 0. The molecule has 0 fully saturated rings. The van der Waals surface area contributed by atoms with Crippen molar-refractivity contribution < 1.29 is 0 Å². The van der Waals surface area contributed by atoms with Crippen molar-refractivity contribution in [2.24, 2.45) is 0 Å². The Balaban J connectivity index is 1.05. The van der Waals surface area contributed by atoms with Crippen LogP contribution in [-0.2, 0) is 0 Å². The SMILES string of the molecule is C1=CC(n2c3ccccc3c3ccc(-n4c5ccccc5c5cc(-c6ccc7c(c6)c6cc(-c8ccccc8)ccc6n7-c6ccccc6)ccc54)cc32)=CCC1. The van der Waals surface area contributed by atoms with E-state index in [4.69, 9.17) is 0 Å². The zero-order chi connectivity index (χ0) is 37.5. The Bertz CT molecular complexity index is 3440. The van der Waals surface area contributed by atoms with Crippen molar-refractivity contribution in [3.05, 3.63) is 200 Å². The summed E-state index contributed by atoms with van der Waals surface area (Å²) in [6, 6.07) is 67.0. The molecule has 0 bridgehead atoms. The highest BCUT2D eigenvalue weighted by Gasteiger charge is 2.19. The van der Waals surface area contributed by atoms with E-state index >= 15 is 0 Å². The monoisotopic (exact) mass is 727 g/mol. The van der Waals surface area contributed by atoms with Crippen LogP contribution in [0.25, 0.3) is 105 Å². The first-order valence-corrected chi connectivity index (χ1v) is 19.9. The average Bonchev–Trinajstić information content (AvgIpc) is 3.92.